The summed E-state index contributed by atoms with van der Waals surface area (Å²) in [6.07, 6.45) is 4.16. The molecule has 74 valence electrons. The van der Waals surface area contributed by atoms with Crippen LogP contribution < -0.4 is 0 Å². The molecule has 0 unspecified atom stereocenters. The smallest absolute Gasteiger partial charge is 0.450 e. The van der Waals surface area contributed by atoms with Crippen LogP contribution in [0.5, 0.6) is 0 Å². The maximum absolute atomic E-state index is 10.4. The summed E-state index contributed by atoms with van der Waals surface area (Å²) in [5.41, 5.74) is 0. The molecule has 0 aliphatic carbocycles. The molecule has 0 rings (SSSR count). The Morgan fingerprint density at radius 3 is 1.92 bits per heavy atom. The van der Waals surface area contributed by atoms with Crippen LogP contribution in [0.3, 0.4) is 0 Å². The summed E-state index contributed by atoms with van der Waals surface area (Å²) in [5, 5.41) is 13.9. The van der Waals surface area contributed by atoms with Crippen molar-refractivity contribution in [1.29, 1.82) is 0 Å². The predicted molar refractivity (Wildman–Crippen MR) is 46.4 cm³/mol. The highest BCUT2D eigenvalue weighted by Crippen LogP contribution is 1.81. The lowest BCUT2D eigenvalue weighted by atomic mass is 10.5. The second kappa shape index (κ2) is 10.2. The Balaban J connectivity index is 0. The lowest BCUT2D eigenvalue weighted by Crippen LogP contribution is -1.91. The molecule has 2 N–H and O–H groups in total. The van der Waals surface area contributed by atoms with E-state index in [1.54, 1.807) is 26.0 Å². The molecule has 0 aromatic carbocycles. The van der Waals surface area contributed by atoms with E-state index in [4.69, 9.17) is 15.0 Å². The van der Waals surface area contributed by atoms with Crippen molar-refractivity contribution in [2.45, 2.75) is 13.8 Å². The molecule has 0 amide bonds. The fourth-order valence-corrected chi connectivity index (χ4v) is 0.310. The number of carbonyl (C=O) groups excluding carboxylic acids is 1. The van der Waals surface area contributed by atoms with E-state index >= 15 is 0 Å². The van der Waals surface area contributed by atoms with Crippen LogP contribution in [0.4, 0.5) is 4.79 Å². The van der Waals surface area contributed by atoms with Crippen LogP contribution in [0.15, 0.2) is 24.5 Å². The molecular formula is C8H12O5. The fraction of sp³-hybridized carbons (Fsp3) is 0.250. The summed E-state index contributed by atoms with van der Waals surface area (Å²) in [6.45, 7) is 3.54. The average molecular weight is 188 g/mol. The van der Waals surface area contributed by atoms with Crippen LogP contribution in [0.25, 0.3) is 0 Å². The Kier molecular flexibility index (Phi) is 10.8. The first kappa shape index (κ1) is 13.8. The summed E-state index contributed by atoms with van der Waals surface area (Å²) >= 11 is 0. The number of hydrogen-bond donors (Lipinski definition) is 2. The van der Waals surface area contributed by atoms with Gasteiger partial charge in [0.25, 0.3) is 0 Å². The van der Waals surface area contributed by atoms with Crippen LogP contribution in [0.2, 0.25) is 0 Å². The Bertz CT molecular complexity index is 201. The maximum atomic E-state index is 10.4. The van der Waals surface area contributed by atoms with Gasteiger partial charge >= 0.3 is 12.1 Å². The molecule has 0 radical (unpaired) electrons. The summed E-state index contributed by atoms with van der Waals surface area (Å²) in [5.74, 6) is -0.337. The molecule has 0 heterocycles. The van der Waals surface area contributed by atoms with Gasteiger partial charge in [-0.25, -0.2) is 9.59 Å². The highest BCUT2D eigenvalue weighted by molar-refractivity contribution is 5.82. The number of carboxylic acid groups (broad SMARTS) is 2. The molecule has 5 heteroatoms. The van der Waals surface area contributed by atoms with E-state index in [0.29, 0.717) is 0 Å². The van der Waals surface area contributed by atoms with E-state index in [2.05, 4.69) is 4.74 Å². The van der Waals surface area contributed by atoms with Crippen molar-refractivity contribution in [3.8, 4) is 0 Å². The van der Waals surface area contributed by atoms with Gasteiger partial charge in [-0.05, 0) is 13.8 Å². The summed E-state index contributed by atoms with van der Waals surface area (Å²) in [7, 11) is 0. The van der Waals surface area contributed by atoms with Crippen LogP contribution in [0, 0.1) is 0 Å². The van der Waals surface area contributed by atoms with Crippen molar-refractivity contribution >= 4 is 12.1 Å². The highest BCUT2D eigenvalue weighted by Gasteiger charge is 1.87. The third-order valence-corrected chi connectivity index (χ3v) is 0.623. The number of carbonyl (C=O) groups is 2. The first-order valence-corrected chi connectivity index (χ1v) is 3.41. The average Bonchev–Trinajstić information content (AvgIpc) is 2.00. The van der Waals surface area contributed by atoms with E-state index in [9.17, 15) is 4.79 Å². The van der Waals surface area contributed by atoms with E-state index in [1.165, 1.54) is 12.3 Å². The normalized spacial score (nSPS) is 9.38. The molecule has 0 aliphatic rings. The first-order valence-electron chi connectivity index (χ1n) is 3.41. The van der Waals surface area contributed by atoms with E-state index in [-0.39, 0.29) is 5.97 Å². The molecule has 0 bridgehead atoms. The second-order valence-corrected chi connectivity index (χ2v) is 1.69. The summed E-state index contributed by atoms with van der Waals surface area (Å²) in [4.78, 5) is 19.0. The number of esters is 1. The van der Waals surface area contributed by atoms with Crippen LogP contribution in [-0.2, 0) is 9.53 Å². The lowest BCUT2D eigenvalue weighted by Gasteiger charge is -1.88. The van der Waals surface area contributed by atoms with Crippen LogP contribution >= 0.6 is 0 Å². The molecule has 0 aliphatic heterocycles. The SMILES string of the molecule is CC=COC(=O)C=CC.O=C(O)O. The molecule has 0 spiro atoms. The predicted octanol–water partition coefficient (Wildman–Crippen LogP) is 1.86. The molecule has 0 saturated carbocycles. The number of allylic oxidation sites excluding steroid dienone is 2. The molecule has 0 atom stereocenters. The number of hydrogen-bond acceptors (Lipinski definition) is 3. The van der Waals surface area contributed by atoms with Gasteiger partial charge in [-0.15, -0.1) is 0 Å². The van der Waals surface area contributed by atoms with Gasteiger partial charge in [0.05, 0.1) is 6.26 Å². The van der Waals surface area contributed by atoms with Gasteiger partial charge in [0, 0.05) is 6.08 Å². The van der Waals surface area contributed by atoms with Crippen molar-refractivity contribution in [1.82, 2.24) is 0 Å². The fourth-order valence-electron chi connectivity index (χ4n) is 0.310. The van der Waals surface area contributed by atoms with Crippen molar-refractivity contribution in [3.63, 3.8) is 0 Å². The number of ether oxygens (including phenoxy) is 1. The largest absolute Gasteiger partial charge is 0.503 e. The summed E-state index contributed by atoms with van der Waals surface area (Å²) < 4.78 is 4.53. The minimum atomic E-state index is -1.83. The standard InChI is InChI=1S/C7H10O2.CH2O3/c1-3-5-7(8)9-6-4-2;2-1(3)4/h3-6H,1-2H3;(H2,2,3,4). The molecule has 0 aromatic heterocycles. The van der Waals surface area contributed by atoms with Crippen LogP contribution in [-0.4, -0.2) is 22.3 Å². The van der Waals surface area contributed by atoms with E-state index in [1.807, 2.05) is 0 Å². The third-order valence-electron chi connectivity index (χ3n) is 0.623. The molecule has 5 nitrogen and oxygen atoms in total. The minimum Gasteiger partial charge on any atom is -0.450 e. The van der Waals surface area contributed by atoms with Gasteiger partial charge in [0.15, 0.2) is 0 Å². The van der Waals surface area contributed by atoms with E-state index in [0.717, 1.165) is 0 Å². The lowest BCUT2D eigenvalue weighted by molar-refractivity contribution is -0.132. The summed E-state index contributed by atoms with van der Waals surface area (Å²) in [6, 6.07) is 0. The first-order chi connectivity index (χ1) is 6.04. The van der Waals surface area contributed by atoms with E-state index < -0.39 is 6.16 Å². The zero-order chi connectivity index (χ0) is 10.7. The van der Waals surface area contributed by atoms with Gasteiger partial charge in [-0.3, -0.25) is 0 Å². The van der Waals surface area contributed by atoms with Crippen molar-refractivity contribution in [3.05, 3.63) is 24.5 Å². The third kappa shape index (κ3) is 25.3. The van der Waals surface area contributed by atoms with Gasteiger partial charge < -0.3 is 14.9 Å². The van der Waals surface area contributed by atoms with Crippen molar-refractivity contribution < 1.29 is 24.5 Å². The zero-order valence-corrected chi connectivity index (χ0v) is 7.43. The molecule has 0 aromatic rings. The molecule has 0 saturated heterocycles. The maximum Gasteiger partial charge on any atom is 0.503 e. The Morgan fingerprint density at radius 2 is 1.62 bits per heavy atom. The van der Waals surface area contributed by atoms with Gasteiger partial charge in [-0.2, -0.15) is 0 Å². The van der Waals surface area contributed by atoms with Gasteiger partial charge in [-0.1, -0.05) is 12.2 Å². The Morgan fingerprint density at radius 1 is 1.15 bits per heavy atom. The van der Waals surface area contributed by atoms with Gasteiger partial charge in [0.1, 0.15) is 0 Å². The Hall–Kier alpha value is -1.78. The highest BCUT2D eigenvalue weighted by atomic mass is 16.6. The topological polar surface area (TPSA) is 83.8 Å². The molecular weight excluding hydrogens is 176 g/mol. The van der Waals surface area contributed by atoms with Crippen molar-refractivity contribution in [2.24, 2.45) is 0 Å². The zero-order valence-electron chi connectivity index (χ0n) is 7.43. The Labute approximate surface area is 75.9 Å². The second-order valence-electron chi connectivity index (χ2n) is 1.69. The van der Waals surface area contributed by atoms with Gasteiger partial charge in [0.2, 0.25) is 0 Å². The van der Waals surface area contributed by atoms with Crippen LogP contribution in [0.1, 0.15) is 13.8 Å². The monoisotopic (exact) mass is 188 g/mol. The quantitative estimate of drug-likeness (QED) is 0.392. The molecule has 13 heavy (non-hydrogen) atoms. The number of rotatable bonds is 2. The molecule has 0 fully saturated rings. The van der Waals surface area contributed by atoms with Crippen molar-refractivity contribution in [2.75, 3.05) is 0 Å². The minimum absolute atomic E-state index is 0.337.